The molecule has 1 aliphatic rings. The normalized spacial score (nSPS) is 19.1. The molecular weight excluding hydrogens is 264 g/mol. The highest BCUT2D eigenvalue weighted by molar-refractivity contribution is 5.86. The summed E-state index contributed by atoms with van der Waals surface area (Å²) in [6.07, 6.45) is 1.97. The summed E-state index contributed by atoms with van der Waals surface area (Å²) >= 11 is 0. The van der Waals surface area contributed by atoms with Gasteiger partial charge in [0.1, 0.15) is 6.54 Å². The topological polar surface area (TPSA) is 111 Å². The lowest BCUT2D eigenvalue weighted by Crippen LogP contribution is -2.51. The number of likely N-dealkylation sites (tertiary alicyclic amines) is 1. The van der Waals surface area contributed by atoms with E-state index in [0.29, 0.717) is 0 Å². The molecule has 0 radical (unpaired) electrons. The SMILES string of the molecule is CCN1CCCC(NC(=O)NCC(=O)NCC(=O)O)C1. The van der Waals surface area contributed by atoms with Gasteiger partial charge in [0.2, 0.25) is 5.91 Å². The zero-order valence-electron chi connectivity index (χ0n) is 11.6. The summed E-state index contributed by atoms with van der Waals surface area (Å²) in [7, 11) is 0. The number of amides is 3. The van der Waals surface area contributed by atoms with Gasteiger partial charge in [-0.1, -0.05) is 6.92 Å². The predicted octanol–water partition coefficient (Wildman–Crippen LogP) is -1.03. The highest BCUT2D eigenvalue weighted by Crippen LogP contribution is 2.09. The Kier molecular flexibility index (Phi) is 6.78. The molecule has 0 aromatic rings. The Morgan fingerprint density at radius 3 is 2.65 bits per heavy atom. The molecule has 1 atom stereocenters. The van der Waals surface area contributed by atoms with Crippen molar-refractivity contribution in [3.63, 3.8) is 0 Å². The van der Waals surface area contributed by atoms with Gasteiger partial charge in [0.25, 0.3) is 0 Å². The van der Waals surface area contributed by atoms with Gasteiger partial charge in [-0.2, -0.15) is 0 Å². The van der Waals surface area contributed by atoms with Crippen LogP contribution in [0.3, 0.4) is 0 Å². The van der Waals surface area contributed by atoms with Gasteiger partial charge < -0.3 is 26.0 Å². The Balaban J connectivity index is 2.19. The second kappa shape index (κ2) is 8.36. The van der Waals surface area contributed by atoms with Crippen LogP contribution in [-0.2, 0) is 9.59 Å². The second-order valence-electron chi connectivity index (χ2n) is 4.73. The van der Waals surface area contributed by atoms with Crippen LogP contribution in [0.4, 0.5) is 4.79 Å². The number of nitrogens with zero attached hydrogens (tertiary/aromatic N) is 1. The molecule has 1 heterocycles. The van der Waals surface area contributed by atoms with E-state index < -0.39 is 24.5 Å². The minimum atomic E-state index is -1.12. The lowest BCUT2D eigenvalue weighted by molar-refractivity contribution is -0.137. The number of carboxylic acid groups (broad SMARTS) is 1. The summed E-state index contributed by atoms with van der Waals surface area (Å²) < 4.78 is 0. The zero-order chi connectivity index (χ0) is 15.0. The quantitative estimate of drug-likeness (QED) is 0.499. The van der Waals surface area contributed by atoms with Gasteiger partial charge in [-0.05, 0) is 25.9 Å². The number of carbonyl (C=O) groups excluding carboxylic acids is 2. The summed E-state index contributed by atoms with van der Waals surface area (Å²) in [5.74, 6) is -1.65. The minimum absolute atomic E-state index is 0.0887. The van der Waals surface area contributed by atoms with Crippen molar-refractivity contribution in [3.05, 3.63) is 0 Å². The van der Waals surface area contributed by atoms with Crippen LogP contribution in [0.1, 0.15) is 19.8 Å². The van der Waals surface area contributed by atoms with E-state index in [2.05, 4.69) is 27.8 Å². The summed E-state index contributed by atoms with van der Waals surface area (Å²) in [6.45, 7) is 4.22. The predicted molar refractivity (Wildman–Crippen MR) is 72.3 cm³/mol. The molecular formula is C12H22N4O4. The van der Waals surface area contributed by atoms with Crippen LogP contribution in [0.2, 0.25) is 0 Å². The van der Waals surface area contributed by atoms with Crippen molar-refractivity contribution in [2.75, 3.05) is 32.7 Å². The number of hydrogen-bond donors (Lipinski definition) is 4. The number of likely N-dealkylation sites (N-methyl/N-ethyl adjacent to an activating group) is 1. The fraction of sp³-hybridized carbons (Fsp3) is 0.750. The van der Waals surface area contributed by atoms with E-state index >= 15 is 0 Å². The van der Waals surface area contributed by atoms with E-state index in [4.69, 9.17) is 5.11 Å². The number of rotatable bonds is 6. The Bertz CT molecular complexity index is 361. The van der Waals surface area contributed by atoms with E-state index in [1.54, 1.807) is 0 Å². The Morgan fingerprint density at radius 2 is 2.00 bits per heavy atom. The molecule has 1 saturated heterocycles. The van der Waals surface area contributed by atoms with Gasteiger partial charge in [0.15, 0.2) is 0 Å². The Morgan fingerprint density at radius 1 is 1.25 bits per heavy atom. The standard InChI is InChI=1S/C12H22N4O4/c1-2-16-5-3-4-9(8-16)15-12(20)14-6-10(17)13-7-11(18)19/h9H,2-8H2,1H3,(H,13,17)(H,18,19)(H2,14,15,20). The van der Waals surface area contributed by atoms with Crippen molar-refractivity contribution in [2.24, 2.45) is 0 Å². The van der Waals surface area contributed by atoms with Crippen molar-refractivity contribution in [3.8, 4) is 0 Å². The molecule has 8 nitrogen and oxygen atoms in total. The molecule has 3 amide bonds. The second-order valence-corrected chi connectivity index (χ2v) is 4.73. The molecule has 1 rings (SSSR count). The first-order valence-corrected chi connectivity index (χ1v) is 6.76. The number of piperidine rings is 1. The van der Waals surface area contributed by atoms with Crippen LogP contribution in [0.25, 0.3) is 0 Å². The van der Waals surface area contributed by atoms with Crippen molar-refractivity contribution >= 4 is 17.9 Å². The first-order valence-electron chi connectivity index (χ1n) is 6.76. The lowest BCUT2D eigenvalue weighted by atomic mass is 10.1. The van der Waals surface area contributed by atoms with Crippen molar-refractivity contribution < 1.29 is 19.5 Å². The van der Waals surface area contributed by atoms with Crippen LogP contribution in [-0.4, -0.2) is 66.7 Å². The maximum Gasteiger partial charge on any atom is 0.322 e. The number of carboxylic acids is 1. The fourth-order valence-corrected chi connectivity index (χ4v) is 2.09. The van der Waals surface area contributed by atoms with Gasteiger partial charge in [-0.15, -0.1) is 0 Å². The number of nitrogens with one attached hydrogen (secondary N) is 3. The molecule has 1 fully saturated rings. The van der Waals surface area contributed by atoms with Gasteiger partial charge in [0.05, 0.1) is 6.54 Å². The monoisotopic (exact) mass is 286 g/mol. The Hall–Kier alpha value is -1.83. The zero-order valence-corrected chi connectivity index (χ0v) is 11.6. The number of hydrogen-bond acceptors (Lipinski definition) is 4. The Labute approximate surface area is 117 Å². The van der Waals surface area contributed by atoms with Crippen LogP contribution in [0, 0.1) is 0 Å². The maximum atomic E-state index is 11.6. The summed E-state index contributed by atoms with van der Waals surface area (Å²) in [5.41, 5.74) is 0. The molecule has 0 aliphatic carbocycles. The molecule has 0 bridgehead atoms. The van der Waals surface area contributed by atoms with E-state index in [1.807, 2.05) is 0 Å². The van der Waals surface area contributed by atoms with Crippen molar-refractivity contribution in [1.29, 1.82) is 0 Å². The van der Waals surface area contributed by atoms with Gasteiger partial charge in [-0.3, -0.25) is 9.59 Å². The molecule has 0 saturated carbocycles. The van der Waals surface area contributed by atoms with Gasteiger partial charge >= 0.3 is 12.0 Å². The molecule has 114 valence electrons. The first kappa shape index (κ1) is 16.2. The van der Waals surface area contributed by atoms with E-state index in [9.17, 15) is 14.4 Å². The first-order chi connectivity index (χ1) is 9.51. The summed E-state index contributed by atoms with van der Waals surface area (Å²) in [5, 5.41) is 15.8. The van der Waals surface area contributed by atoms with Crippen LogP contribution in [0.15, 0.2) is 0 Å². The summed E-state index contributed by atoms with van der Waals surface area (Å²) in [4.78, 5) is 35.3. The third-order valence-corrected chi connectivity index (χ3v) is 3.13. The van der Waals surface area contributed by atoms with E-state index in [0.717, 1.165) is 32.5 Å². The molecule has 4 N–H and O–H groups in total. The average molecular weight is 286 g/mol. The highest BCUT2D eigenvalue weighted by Gasteiger charge is 2.20. The molecule has 0 spiro atoms. The van der Waals surface area contributed by atoms with Crippen molar-refractivity contribution in [1.82, 2.24) is 20.9 Å². The minimum Gasteiger partial charge on any atom is -0.480 e. The third kappa shape index (κ3) is 6.37. The number of carbonyl (C=O) groups is 3. The number of urea groups is 1. The van der Waals surface area contributed by atoms with E-state index in [1.165, 1.54) is 0 Å². The molecule has 20 heavy (non-hydrogen) atoms. The third-order valence-electron chi connectivity index (χ3n) is 3.13. The molecule has 8 heteroatoms. The lowest BCUT2D eigenvalue weighted by Gasteiger charge is -2.32. The van der Waals surface area contributed by atoms with Gasteiger partial charge in [0, 0.05) is 12.6 Å². The summed E-state index contributed by atoms with van der Waals surface area (Å²) in [6, 6.07) is -0.316. The molecule has 0 aromatic carbocycles. The maximum absolute atomic E-state index is 11.6. The van der Waals surface area contributed by atoms with Gasteiger partial charge in [-0.25, -0.2) is 4.79 Å². The molecule has 1 aliphatic heterocycles. The van der Waals surface area contributed by atoms with Crippen molar-refractivity contribution in [2.45, 2.75) is 25.8 Å². The van der Waals surface area contributed by atoms with Crippen LogP contribution in [0.5, 0.6) is 0 Å². The van der Waals surface area contributed by atoms with E-state index in [-0.39, 0.29) is 12.6 Å². The smallest absolute Gasteiger partial charge is 0.322 e. The van der Waals surface area contributed by atoms with Crippen LogP contribution < -0.4 is 16.0 Å². The number of aliphatic carboxylic acids is 1. The average Bonchev–Trinajstić information content (AvgIpc) is 2.43. The van der Waals surface area contributed by atoms with Crippen LogP contribution >= 0.6 is 0 Å². The largest absolute Gasteiger partial charge is 0.480 e. The molecule has 1 unspecified atom stereocenters. The highest BCUT2D eigenvalue weighted by atomic mass is 16.4. The fourth-order valence-electron chi connectivity index (χ4n) is 2.09. The molecule has 0 aromatic heterocycles.